The highest BCUT2D eigenvalue weighted by Crippen LogP contribution is 2.47. The predicted molar refractivity (Wildman–Crippen MR) is 120 cm³/mol. The van der Waals surface area contributed by atoms with Crippen LogP contribution in [0.5, 0.6) is 0 Å². The van der Waals surface area contributed by atoms with Gasteiger partial charge in [0.15, 0.2) is 5.60 Å². The highest BCUT2D eigenvalue weighted by molar-refractivity contribution is 7.89. The van der Waals surface area contributed by atoms with E-state index in [0.29, 0.717) is 19.1 Å². The number of nitrogens with zero attached hydrogens (tertiary/aromatic N) is 3. The maximum Gasteiger partial charge on any atom is 0.421 e. The molecule has 17 heteroatoms. The largest absolute Gasteiger partial charge is 0.421 e. The minimum absolute atomic E-state index is 0.0726. The first kappa shape index (κ1) is 30.9. The van der Waals surface area contributed by atoms with Crippen molar-refractivity contribution in [1.29, 1.82) is 0 Å². The third-order valence-electron chi connectivity index (χ3n) is 6.53. The number of halogens is 9. The second kappa shape index (κ2) is 9.78. The minimum Gasteiger partial charge on any atom is -0.376 e. The topological polar surface area (TPSA) is 99.8 Å². The predicted octanol–water partition coefficient (Wildman–Crippen LogP) is 4.03. The van der Waals surface area contributed by atoms with Crippen molar-refractivity contribution >= 4 is 15.7 Å². The number of sulfonamides is 1. The first-order chi connectivity index (χ1) is 17.5. The van der Waals surface area contributed by atoms with Crippen molar-refractivity contribution < 1.29 is 53.0 Å². The fourth-order valence-electron chi connectivity index (χ4n) is 4.05. The number of alkyl halides is 9. The van der Waals surface area contributed by atoms with E-state index in [2.05, 4.69) is 4.98 Å². The lowest BCUT2D eigenvalue weighted by Crippen LogP contribution is -2.61. The van der Waals surface area contributed by atoms with Gasteiger partial charge >= 0.3 is 18.5 Å². The van der Waals surface area contributed by atoms with E-state index in [9.17, 15) is 53.0 Å². The molecule has 1 saturated heterocycles. The third-order valence-corrected chi connectivity index (χ3v) is 8.54. The Morgan fingerprint density at radius 3 is 2.00 bits per heavy atom. The van der Waals surface area contributed by atoms with E-state index in [1.165, 1.54) is 11.8 Å². The quantitative estimate of drug-likeness (QED) is 0.508. The average molecular weight is 595 g/mol. The summed E-state index contributed by atoms with van der Waals surface area (Å²) in [6, 6.07) is 4.37. The lowest BCUT2D eigenvalue weighted by molar-refractivity contribution is -0.303. The van der Waals surface area contributed by atoms with E-state index < -0.39 is 61.9 Å². The van der Waals surface area contributed by atoms with Crippen LogP contribution in [0.15, 0.2) is 47.5 Å². The maximum atomic E-state index is 13.2. The molecule has 2 heterocycles. The summed E-state index contributed by atoms with van der Waals surface area (Å²) in [5, 5.41) is 9.92. The Bertz CT molecular complexity index is 1280. The molecule has 0 bridgehead atoms. The maximum absolute atomic E-state index is 13.2. The standard InChI is InChI=1S/C22H23F9N4O3S/c1-13-12-34(15-6-7-17(33-11-15)19(32,21(26,27)28)22(29,30)31)8-9-35(13)39(37,38)16-5-3-4-14(10-16)18(2,36)20(23,24)25/h3-7,10-11,13,36H,8-9,12,32H2,1-2H3. The lowest BCUT2D eigenvalue weighted by atomic mass is 9.94. The molecule has 1 aromatic carbocycles. The van der Waals surface area contributed by atoms with Gasteiger partial charge in [0.2, 0.25) is 10.0 Å². The molecule has 2 aromatic rings. The molecule has 3 rings (SSSR count). The second-order valence-corrected chi connectivity index (χ2v) is 11.1. The molecule has 0 aliphatic carbocycles. The first-order valence-electron chi connectivity index (χ1n) is 11.1. The highest BCUT2D eigenvalue weighted by Gasteiger charge is 2.70. The summed E-state index contributed by atoms with van der Waals surface area (Å²) < 4.78 is 146. The number of piperazine rings is 1. The molecule has 1 aliphatic rings. The van der Waals surface area contributed by atoms with Crippen LogP contribution in [0.3, 0.4) is 0 Å². The molecule has 2 unspecified atom stereocenters. The molecule has 2 atom stereocenters. The van der Waals surface area contributed by atoms with Gasteiger partial charge in [-0.05, 0) is 43.7 Å². The summed E-state index contributed by atoms with van der Waals surface area (Å²) in [6.07, 6.45) is -16.1. The van der Waals surface area contributed by atoms with Crippen molar-refractivity contribution in [3.63, 3.8) is 0 Å². The van der Waals surface area contributed by atoms with Crippen LogP contribution in [0.25, 0.3) is 0 Å². The summed E-state index contributed by atoms with van der Waals surface area (Å²) in [5.74, 6) is 0. The van der Waals surface area contributed by atoms with E-state index in [1.54, 1.807) is 0 Å². The Kier molecular flexibility index (Phi) is 7.75. The Morgan fingerprint density at radius 1 is 0.949 bits per heavy atom. The van der Waals surface area contributed by atoms with Crippen LogP contribution in [0.4, 0.5) is 45.2 Å². The molecule has 0 spiro atoms. The van der Waals surface area contributed by atoms with Crippen molar-refractivity contribution in [2.75, 3.05) is 24.5 Å². The fourth-order valence-corrected chi connectivity index (χ4v) is 5.71. The van der Waals surface area contributed by atoms with Crippen LogP contribution < -0.4 is 10.6 Å². The first-order valence-corrected chi connectivity index (χ1v) is 12.5. The number of aromatic nitrogens is 1. The molecule has 39 heavy (non-hydrogen) atoms. The molecule has 1 aliphatic heterocycles. The average Bonchev–Trinajstić information content (AvgIpc) is 2.81. The second-order valence-electron chi connectivity index (χ2n) is 9.21. The molecule has 0 amide bonds. The molecule has 1 fully saturated rings. The van der Waals surface area contributed by atoms with E-state index in [0.717, 1.165) is 34.8 Å². The van der Waals surface area contributed by atoms with Crippen LogP contribution in [0.1, 0.15) is 25.1 Å². The number of hydrogen-bond acceptors (Lipinski definition) is 6. The number of rotatable bonds is 5. The SMILES string of the molecule is CC1CN(c2ccc(C(N)(C(F)(F)F)C(F)(F)F)nc2)CCN1S(=O)(=O)c1cccc(C(C)(O)C(F)(F)F)c1. The number of hydrogen-bond donors (Lipinski definition) is 2. The van der Waals surface area contributed by atoms with Crippen LogP contribution in [-0.4, -0.2) is 67.0 Å². The monoisotopic (exact) mass is 594 g/mol. The Labute approximate surface area is 217 Å². The van der Waals surface area contributed by atoms with Gasteiger partial charge in [-0.15, -0.1) is 0 Å². The molecular weight excluding hydrogens is 571 g/mol. The summed E-state index contributed by atoms with van der Waals surface area (Å²) in [6.45, 7) is 1.57. The van der Waals surface area contributed by atoms with Gasteiger partial charge in [-0.1, -0.05) is 12.1 Å². The zero-order valence-electron chi connectivity index (χ0n) is 20.2. The zero-order valence-corrected chi connectivity index (χ0v) is 21.0. The van der Waals surface area contributed by atoms with Gasteiger partial charge < -0.3 is 15.7 Å². The van der Waals surface area contributed by atoms with Gasteiger partial charge in [0, 0.05) is 25.7 Å². The molecule has 218 valence electrons. The van der Waals surface area contributed by atoms with Gasteiger partial charge in [-0.2, -0.15) is 43.8 Å². The lowest BCUT2D eigenvalue weighted by Gasteiger charge is -2.40. The number of aliphatic hydroxyl groups is 1. The van der Waals surface area contributed by atoms with E-state index >= 15 is 0 Å². The molecule has 1 aromatic heterocycles. The van der Waals surface area contributed by atoms with Gasteiger partial charge in [0.1, 0.15) is 0 Å². The van der Waals surface area contributed by atoms with Crippen LogP contribution in [0.2, 0.25) is 0 Å². The number of anilines is 1. The van der Waals surface area contributed by atoms with Gasteiger partial charge in [-0.3, -0.25) is 4.98 Å². The number of pyridine rings is 1. The van der Waals surface area contributed by atoms with E-state index in [4.69, 9.17) is 5.73 Å². The summed E-state index contributed by atoms with van der Waals surface area (Å²) >= 11 is 0. The van der Waals surface area contributed by atoms with Gasteiger partial charge in [-0.25, -0.2) is 8.42 Å². The van der Waals surface area contributed by atoms with Gasteiger partial charge in [0.25, 0.3) is 5.54 Å². The Morgan fingerprint density at radius 2 is 1.54 bits per heavy atom. The summed E-state index contributed by atoms with van der Waals surface area (Å²) in [4.78, 5) is 4.26. The fraction of sp³-hybridized carbons (Fsp3) is 0.500. The molecule has 0 radical (unpaired) electrons. The highest BCUT2D eigenvalue weighted by atomic mass is 32.2. The molecule has 3 N–H and O–H groups in total. The van der Waals surface area contributed by atoms with Crippen LogP contribution in [0, 0.1) is 0 Å². The van der Waals surface area contributed by atoms with Crippen molar-refractivity contribution in [1.82, 2.24) is 9.29 Å². The number of benzene rings is 1. The third kappa shape index (κ3) is 5.40. The van der Waals surface area contributed by atoms with Crippen molar-refractivity contribution in [3.8, 4) is 0 Å². The van der Waals surface area contributed by atoms with E-state index in [1.807, 2.05) is 0 Å². The molecule has 0 saturated carbocycles. The summed E-state index contributed by atoms with van der Waals surface area (Å²) in [5.41, 5.74) is -5.37. The van der Waals surface area contributed by atoms with E-state index in [-0.39, 0.29) is 25.3 Å². The van der Waals surface area contributed by atoms with Crippen LogP contribution in [-0.2, 0) is 21.2 Å². The van der Waals surface area contributed by atoms with Crippen molar-refractivity contribution in [3.05, 3.63) is 53.9 Å². The molecular formula is C22H23F9N4O3S. The van der Waals surface area contributed by atoms with Crippen LogP contribution >= 0.6 is 0 Å². The molecule has 7 nitrogen and oxygen atoms in total. The van der Waals surface area contributed by atoms with Crippen molar-refractivity contribution in [2.45, 2.75) is 54.5 Å². The Balaban J connectivity index is 1.83. The smallest absolute Gasteiger partial charge is 0.376 e. The van der Waals surface area contributed by atoms with Gasteiger partial charge in [0.05, 0.1) is 22.5 Å². The minimum atomic E-state index is -5.89. The Hall–Kier alpha value is -2.63. The summed E-state index contributed by atoms with van der Waals surface area (Å²) in [7, 11) is -4.36. The normalized spacial score (nSPS) is 20.1. The zero-order chi connectivity index (χ0) is 29.8. The van der Waals surface area contributed by atoms with Crippen molar-refractivity contribution in [2.24, 2.45) is 5.73 Å². The number of nitrogens with two attached hydrogens (primary N) is 1.